The number of unbranched alkanes of at least 4 members (excludes halogenated alkanes) is 1. The van der Waals surface area contributed by atoms with Gasteiger partial charge in [0.2, 0.25) is 10.0 Å². The Morgan fingerprint density at radius 2 is 1.82 bits per heavy atom. The topological polar surface area (TPSA) is 68.3 Å². The van der Waals surface area contributed by atoms with Crippen molar-refractivity contribution < 1.29 is 13.2 Å². The van der Waals surface area contributed by atoms with Crippen LogP contribution >= 0.6 is 11.3 Å². The van der Waals surface area contributed by atoms with Crippen molar-refractivity contribution in [2.45, 2.75) is 31.1 Å². The second-order valence-electron chi connectivity index (χ2n) is 6.33. The highest BCUT2D eigenvalue weighted by Crippen LogP contribution is 2.23. The number of nitrogens with zero attached hydrogens (tertiary/aromatic N) is 1. The molecule has 0 fully saturated rings. The Bertz CT molecular complexity index is 968. The lowest BCUT2D eigenvalue weighted by Crippen LogP contribution is -2.26. The number of benzene rings is 2. The van der Waals surface area contributed by atoms with Gasteiger partial charge in [0.25, 0.3) is 0 Å². The fourth-order valence-corrected chi connectivity index (χ4v) is 4.47. The first-order valence-corrected chi connectivity index (χ1v) is 11.7. The molecule has 0 aliphatic rings. The molecule has 0 aliphatic heterocycles. The van der Waals surface area contributed by atoms with Gasteiger partial charge in [0.05, 0.1) is 17.2 Å². The van der Waals surface area contributed by atoms with Crippen LogP contribution < -0.4 is 9.46 Å². The van der Waals surface area contributed by atoms with E-state index in [1.165, 1.54) is 0 Å². The summed E-state index contributed by atoms with van der Waals surface area (Å²) >= 11 is 1.56. The molecule has 3 rings (SSSR count). The van der Waals surface area contributed by atoms with Crippen LogP contribution in [0.5, 0.6) is 5.75 Å². The zero-order chi connectivity index (χ0) is 19.8. The molecule has 0 saturated carbocycles. The number of rotatable bonds is 10. The molecule has 2 aromatic carbocycles. The Kier molecular flexibility index (Phi) is 7.19. The van der Waals surface area contributed by atoms with E-state index >= 15 is 0 Å². The first-order valence-electron chi connectivity index (χ1n) is 9.31. The zero-order valence-electron chi connectivity index (χ0n) is 15.8. The Morgan fingerprint density at radius 1 is 1.07 bits per heavy atom. The molecule has 0 aliphatic carbocycles. The Balaban J connectivity index is 1.53. The van der Waals surface area contributed by atoms with Crippen LogP contribution in [0.4, 0.5) is 0 Å². The minimum atomic E-state index is -3.55. The van der Waals surface area contributed by atoms with E-state index < -0.39 is 10.0 Å². The summed E-state index contributed by atoms with van der Waals surface area (Å²) in [5.41, 5.74) is 1.95. The summed E-state index contributed by atoms with van der Waals surface area (Å²) in [6, 6.07) is 16.5. The predicted octanol–water partition coefficient (Wildman–Crippen LogP) is 4.51. The third-order valence-electron chi connectivity index (χ3n) is 4.15. The van der Waals surface area contributed by atoms with E-state index in [1.54, 1.807) is 35.6 Å². The van der Waals surface area contributed by atoms with Crippen LogP contribution in [-0.4, -0.2) is 26.6 Å². The lowest BCUT2D eigenvalue weighted by Gasteiger charge is -2.08. The molecule has 0 bridgehead atoms. The van der Waals surface area contributed by atoms with Gasteiger partial charge < -0.3 is 4.74 Å². The highest BCUT2D eigenvalue weighted by atomic mass is 32.2. The molecule has 7 heteroatoms. The van der Waals surface area contributed by atoms with Crippen molar-refractivity contribution in [3.63, 3.8) is 0 Å². The van der Waals surface area contributed by atoms with Crippen LogP contribution in [0.3, 0.4) is 0 Å². The van der Waals surface area contributed by atoms with Crippen molar-refractivity contribution in [1.82, 2.24) is 9.71 Å². The molecular formula is C21H24N2O3S2. The summed E-state index contributed by atoms with van der Waals surface area (Å²) < 4.78 is 33.1. The molecular weight excluding hydrogens is 392 g/mol. The van der Waals surface area contributed by atoms with E-state index in [0.29, 0.717) is 25.3 Å². The maximum atomic E-state index is 12.5. The predicted molar refractivity (Wildman–Crippen MR) is 113 cm³/mol. The fourth-order valence-electron chi connectivity index (χ4n) is 2.58. The quantitative estimate of drug-likeness (QED) is 0.494. The normalized spacial score (nSPS) is 11.5. The van der Waals surface area contributed by atoms with Gasteiger partial charge in [-0.3, -0.25) is 0 Å². The van der Waals surface area contributed by atoms with E-state index in [0.717, 1.165) is 29.1 Å². The average Bonchev–Trinajstić information content (AvgIpc) is 3.18. The molecule has 148 valence electrons. The largest absolute Gasteiger partial charge is 0.494 e. The van der Waals surface area contributed by atoms with Crippen molar-refractivity contribution in [2.24, 2.45) is 0 Å². The second kappa shape index (κ2) is 9.82. The minimum absolute atomic E-state index is 0.235. The van der Waals surface area contributed by atoms with Gasteiger partial charge in [-0.15, -0.1) is 11.3 Å². The molecule has 0 unspecified atom stereocenters. The zero-order valence-corrected chi connectivity index (χ0v) is 17.4. The first-order chi connectivity index (χ1) is 13.6. The molecule has 1 heterocycles. The molecule has 28 heavy (non-hydrogen) atoms. The number of ether oxygens (including phenoxy) is 1. The maximum Gasteiger partial charge on any atom is 0.240 e. The van der Waals surface area contributed by atoms with Crippen molar-refractivity contribution in [3.8, 4) is 16.3 Å². The van der Waals surface area contributed by atoms with Gasteiger partial charge in [0.1, 0.15) is 10.8 Å². The van der Waals surface area contributed by atoms with Crippen LogP contribution in [0.2, 0.25) is 0 Å². The van der Waals surface area contributed by atoms with Gasteiger partial charge in [-0.2, -0.15) is 0 Å². The smallest absolute Gasteiger partial charge is 0.240 e. The monoisotopic (exact) mass is 416 g/mol. The third kappa shape index (κ3) is 5.64. The van der Waals surface area contributed by atoms with Gasteiger partial charge in [-0.1, -0.05) is 43.7 Å². The van der Waals surface area contributed by atoms with Gasteiger partial charge in [0.15, 0.2) is 0 Å². The van der Waals surface area contributed by atoms with Crippen LogP contribution in [0, 0.1) is 0 Å². The molecule has 5 nitrogen and oxygen atoms in total. The molecule has 0 atom stereocenters. The van der Waals surface area contributed by atoms with Crippen LogP contribution in [0.1, 0.15) is 25.5 Å². The minimum Gasteiger partial charge on any atom is -0.494 e. The summed E-state index contributed by atoms with van der Waals surface area (Å²) in [6.45, 7) is 3.04. The molecule has 3 aromatic rings. The maximum absolute atomic E-state index is 12.5. The highest BCUT2D eigenvalue weighted by Gasteiger charge is 2.14. The SMILES string of the molecule is CCCCOc1ccc(S(=O)(=O)NCCc2csc(-c3ccccc3)n2)cc1. The van der Waals surface area contributed by atoms with Crippen molar-refractivity contribution in [1.29, 1.82) is 0 Å². The Labute approximate surface area is 170 Å². The summed E-state index contributed by atoms with van der Waals surface area (Å²) in [6.07, 6.45) is 2.58. The fraction of sp³-hybridized carbons (Fsp3) is 0.286. The summed E-state index contributed by atoms with van der Waals surface area (Å²) in [4.78, 5) is 4.82. The van der Waals surface area contributed by atoms with Crippen molar-refractivity contribution in [2.75, 3.05) is 13.2 Å². The van der Waals surface area contributed by atoms with Gasteiger partial charge in [0, 0.05) is 23.9 Å². The molecule has 0 spiro atoms. The standard InChI is InChI=1S/C21H24N2O3S2/c1-2-3-15-26-19-9-11-20(12-10-19)28(24,25)22-14-13-18-16-27-21(23-18)17-7-5-4-6-8-17/h4-12,16,22H,2-3,13-15H2,1H3. The third-order valence-corrected chi connectivity index (χ3v) is 6.56. The van der Waals surface area contributed by atoms with E-state index in [-0.39, 0.29) is 4.90 Å². The number of aromatic nitrogens is 1. The number of hydrogen-bond acceptors (Lipinski definition) is 5. The average molecular weight is 417 g/mol. The van der Waals surface area contributed by atoms with Crippen LogP contribution in [0.25, 0.3) is 10.6 Å². The molecule has 0 radical (unpaired) electrons. The summed E-state index contributed by atoms with van der Waals surface area (Å²) in [5.74, 6) is 0.684. The van der Waals surface area contributed by atoms with Crippen LogP contribution in [0.15, 0.2) is 64.9 Å². The summed E-state index contributed by atoms with van der Waals surface area (Å²) in [7, 11) is -3.55. The van der Waals surface area contributed by atoms with E-state index in [2.05, 4.69) is 16.6 Å². The van der Waals surface area contributed by atoms with Crippen molar-refractivity contribution in [3.05, 3.63) is 65.7 Å². The van der Waals surface area contributed by atoms with Crippen molar-refractivity contribution >= 4 is 21.4 Å². The van der Waals surface area contributed by atoms with E-state index in [1.807, 2.05) is 35.7 Å². The molecule has 1 N–H and O–H groups in total. The number of sulfonamides is 1. The molecule has 1 aromatic heterocycles. The van der Waals surface area contributed by atoms with Crippen LogP contribution in [-0.2, 0) is 16.4 Å². The number of nitrogens with one attached hydrogen (secondary N) is 1. The lowest BCUT2D eigenvalue weighted by molar-refractivity contribution is 0.309. The number of hydrogen-bond donors (Lipinski definition) is 1. The summed E-state index contributed by atoms with van der Waals surface area (Å²) in [5, 5.41) is 2.91. The van der Waals surface area contributed by atoms with E-state index in [4.69, 9.17) is 4.74 Å². The Hall–Kier alpha value is -2.22. The number of thiazole rings is 1. The first kappa shape index (κ1) is 20.5. The second-order valence-corrected chi connectivity index (χ2v) is 8.96. The highest BCUT2D eigenvalue weighted by molar-refractivity contribution is 7.89. The molecule has 0 amide bonds. The van der Waals surface area contributed by atoms with Gasteiger partial charge in [-0.25, -0.2) is 18.1 Å². The Morgan fingerprint density at radius 3 is 2.54 bits per heavy atom. The lowest BCUT2D eigenvalue weighted by atomic mass is 10.2. The van der Waals surface area contributed by atoms with Gasteiger partial charge in [-0.05, 0) is 30.7 Å². The van der Waals surface area contributed by atoms with Gasteiger partial charge >= 0.3 is 0 Å². The van der Waals surface area contributed by atoms with E-state index in [9.17, 15) is 8.42 Å². The molecule has 0 saturated heterocycles.